The monoisotopic (exact) mass is 321 g/mol. The van der Waals surface area contributed by atoms with Crippen LogP contribution in [0.1, 0.15) is 41.5 Å². The molecule has 21 heavy (non-hydrogen) atoms. The van der Waals surface area contributed by atoms with Gasteiger partial charge in [-0.2, -0.15) is 12.7 Å². The zero-order valence-corrected chi connectivity index (χ0v) is 15.0. The first kappa shape index (κ1) is 18.8. The lowest BCUT2D eigenvalue weighted by molar-refractivity contribution is -0.0444. The van der Waals surface area contributed by atoms with Crippen molar-refractivity contribution in [3.05, 3.63) is 0 Å². The molecule has 2 atom stereocenters. The van der Waals surface area contributed by atoms with Crippen molar-refractivity contribution in [2.45, 2.75) is 65.8 Å². The van der Waals surface area contributed by atoms with Gasteiger partial charge in [0, 0.05) is 38.3 Å². The Morgan fingerprint density at radius 2 is 1.62 bits per heavy atom. The molecular weight excluding hydrogens is 290 g/mol. The lowest BCUT2D eigenvalue weighted by Crippen LogP contribution is -2.53. The number of ether oxygens (including phenoxy) is 1. The van der Waals surface area contributed by atoms with Crippen molar-refractivity contribution in [2.75, 3.05) is 26.2 Å². The summed E-state index contributed by atoms with van der Waals surface area (Å²) in [6.07, 6.45) is -0.124. The van der Waals surface area contributed by atoms with E-state index in [0.29, 0.717) is 38.3 Å². The van der Waals surface area contributed by atoms with Crippen LogP contribution in [0.4, 0.5) is 0 Å². The summed E-state index contributed by atoms with van der Waals surface area (Å²) in [5, 5.41) is 0. The highest BCUT2D eigenvalue weighted by atomic mass is 32.2. The molecule has 1 saturated heterocycles. The van der Waals surface area contributed by atoms with Gasteiger partial charge in [0.25, 0.3) is 10.2 Å². The second-order valence-electron chi connectivity index (χ2n) is 6.40. The van der Waals surface area contributed by atoms with Crippen molar-refractivity contribution in [2.24, 2.45) is 0 Å². The minimum Gasteiger partial charge on any atom is -0.373 e. The summed E-state index contributed by atoms with van der Waals surface area (Å²) in [4.78, 5) is 2.27. The van der Waals surface area contributed by atoms with E-state index in [2.05, 4.69) is 37.3 Å². The van der Waals surface area contributed by atoms with Crippen LogP contribution in [-0.4, -0.2) is 68.1 Å². The molecule has 126 valence electrons. The van der Waals surface area contributed by atoms with Crippen LogP contribution in [0.5, 0.6) is 0 Å². The van der Waals surface area contributed by atoms with Gasteiger partial charge in [0.2, 0.25) is 0 Å². The maximum Gasteiger partial charge on any atom is 0.279 e. The molecule has 0 radical (unpaired) electrons. The molecule has 1 aliphatic rings. The molecule has 0 amide bonds. The fourth-order valence-corrected chi connectivity index (χ4v) is 4.18. The van der Waals surface area contributed by atoms with Crippen LogP contribution >= 0.6 is 0 Å². The van der Waals surface area contributed by atoms with Crippen molar-refractivity contribution < 1.29 is 13.2 Å². The highest BCUT2D eigenvalue weighted by Gasteiger charge is 2.30. The summed E-state index contributed by atoms with van der Waals surface area (Å²) >= 11 is 0. The van der Waals surface area contributed by atoms with Gasteiger partial charge in [-0.1, -0.05) is 0 Å². The summed E-state index contributed by atoms with van der Waals surface area (Å²) < 4.78 is 34.5. The van der Waals surface area contributed by atoms with Gasteiger partial charge in [-0.05, 0) is 41.5 Å². The largest absolute Gasteiger partial charge is 0.373 e. The summed E-state index contributed by atoms with van der Waals surface area (Å²) in [6, 6.07) is 0.802. The maximum absolute atomic E-state index is 12.3. The molecule has 6 nitrogen and oxygen atoms in total. The third-order valence-corrected chi connectivity index (χ3v) is 5.25. The van der Waals surface area contributed by atoms with E-state index < -0.39 is 10.2 Å². The molecule has 1 rings (SSSR count). The molecule has 1 aliphatic heterocycles. The molecular formula is C14H31N3O3S. The normalized spacial score (nSPS) is 25.2. The van der Waals surface area contributed by atoms with Crippen molar-refractivity contribution >= 4 is 10.2 Å². The maximum atomic E-state index is 12.3. The summed E-state index contributed by atoms with van der Waals surface area (Å²) in [6.45, 7) is 14.3. The van der Waals surface area contributed by atoms with Gasteiger partial charge in [0.1, 0.15) is 0 Å². The fourth-order valence-electron chi connectivity index (χ4n) is 2.83. The smallest absolute Gasteiger partial charge is 0.279 e. The van der Waals surface area contributed by atoms with Crippen LogP contribution in [0, 0.1) is 0 Å². The molecule has 0 spiro atoms. The van der Waals surface area contributed by atoms with Gasteiger partial charge < -0.3 is 4.74 Å². The minimum absolute atomic E-state index is 0.0619. The first-order chi connectivity index (χ1) is 9.63. The molecule has 0 aromatic carbocycles. The van der Waals surface area contributed by atoms with Gasteiger partial charge in [-0.3, -0.25) is 4.90 Å². The second-order valence-corrected chi connectivity index (χ2v) is 8.15. The van der Waals surface area contributed by atoms with Gasteiger partial charge in [-0.25, -0.2) is 4.72 Å². The molecule has 0 aromatic rings. The number of nitrogens with zero attached hydrogens (tertiary/aromatic N) is 2. The van der Waals surface area contributed by atoms with E-state index in [1.165, 1.54) is 4.31 Å². The Kier molecular flexibility index (Phi) is 7.06. The van der Waals surface area contributed by atoms with E-state index in [1.54, 1.807) is 0 Å². The van der Waals surface area contributed by atoms with Crippen LogP contribution in [0.15, 0.2) is 0 Å². The van der Waals surface area contributed by atoms with E-state index in [4.69, 9.17) is 4.74 Å². The molecule has 1 N–H and O–H groups in total. The highest BCUT2D eigenvalue weighted by molar-refractivity contribution is 7.87. The van der Waals surface area contributed by atoms with Gasteiger partial charge in [-0.15, -0.1) is 0 Å². The zero-order valence-electron chi connectivity index (χ0n) is 14.2. The predicted octanol–water partition coefficient (Wildman–Crippen LogP) is 1.05. The molecule has 7 heteroatoms. The van der Waals surface area contributed by atoms with Crippen molar-refractivity contribution in [3.63, 3.8) is 0 Å². The first-order valence-electron chi connectivity index (χ1n) is 7.79. The lowest BCUT2D eigenvalue weighted by Gasteiger charge is -2.35. The van der Waals surface area contributed by atoms with Crippen LogP contribution in [0.2, 0.25) is 0 Å². The van der Waals surface area contributed by atoms with E-state index in [-0.39, 0.29) is 12.2 Å². The Labute approximate surface area is 130 Å². The number of rotatable bonds is 7. The molecule has 1 heterocycles. The average molecular weight is 321 g/mol. The van der Waals surface area contributed by atoms with Gasteiger partial charge in [0.15, 0.2) is 0 Å². The van der Waals surface area contributed by atoms with Crippen molar-refractivity contribution in [1.29, 1.82) is 0 Å². The minimum atomic E-state index is -3.42. The van der Waals surface area contributed by atoms with Gasteiger partial charge in [0.05, 0.1) is 12.2 Å². The standard InChI is InChI=1S/C14H31N3O3S/c1-11(2)17(12(3)4)8-7-15-21(18,19)16-9-13(5)20-14(6)10-16/h11-15H,7-10H2,1-6H3/t13-,14-/m1/s1. The summed E-state index contributed by atoms with van der Waals surface area (Å²) in [5.74, 6) is 0. The number of morpholine rings is 1. The van der Waals surface area contributed by atoms with E-state index in [9.17, 15) is 8.42 Å². The van der Waals surface area contributed by atoms with E-state index in [1.807, 2.05) is 13.8 Å². The lowest BCUT2D eigenvalue weighted by atomic mass is 10.2. The van der Waals surface area contributed by atoms with E-state index >= 15 is 0 Å². The number of nitrogens with one attached hydrogen (secondary N) is 1. The fraction of sp³-hybridized carbons (Fsp3) is 1.00. The second kappa shape index (κ2) is 7.87. The topological polar surface area (TPSA) is 61.9 Å². The third kappa shape index (κ3) is 5.83. The van der Waals surface area contributed by atoms with Gasteiger partial charge >= 0.3 is 0 Å². The Morgan fingerprint density at radius 1 is 1.14 bits per heavy atom. The molecule has 0 aromatic heterocycles. The van der Waals surface area contributed by atoms with Crippen LogP contribution in [-0.2, 0) is 14.9 Å². The van der Waals surface area contributed by atoms with Crippen LogP contribution < -0.4 is 4.72 Å². The van der Waals surface area contributed by atoms with Crippen molar-refractivity contribution in [1.82, 2.24) is 13.9 Å². The highest BCUT2D eigenvalue weighted by Crippen LogP contribution is 2.13. The average Bonchev–Trinajstić information content (AvgIpc) is 2.32. The third-order valence-electron chi connectivity index (χ3n) is 3.71. The Morgan fingerprint density at radius 3 is 2.05 bits per heavy atom. The Hall–Kier alpha value is -0.210. The number of hydrogen-bond acceptors (Lipinski definition) is 4. The molecule has 0 bridgehead atoms. The SMILES string of the molecule is CC(C)N(CCNS(=O)(=O)N1C[C@@H](C)O[C@H](C)C1)C(C)C. The van der Waals surface area contributed by atoms with Crippen LogP contribution in [0.3, 0.4) is 0 Å². The number of hydrogen-bond donors (Lipinski definition) is 1. The Balaban J connectivity index is 2.53. The predicted molar refractivity (Wildman–Crippen MR) is 85.5 cm³/mol. The molecule has 0 saturated carbocycles. The first-order valence-corrected chi connectivity index (χ1v) is 9.23. The quantitative estimate of drug-likeness (QED) is 0.761. The summed E-state index contributed by atoms with van der Waals surface area (Å²) in [5.41, 5.74) is 0. The zero-order chi connectivity index (χ0) is 16.2. The molecule has 0 aliphatic carbocycles. The van der Waals surface area contributed by atoms with Crippen LogP contribution in [0.25, 0.3) is 0 Å². The Bertz CT molecular complexity index is 394. The van der Waals surface area contributed by atoms with Crippen molar-refractivity contribution in [3.8, 4) is 0 Å². The molecule has 1 fully saturated rings. The summed E-state index contributed by atoms with van der Waals surface area (Å²) in [7, 11) is -3.42. The van der Waals surface area contributed by atoms with E-state index in [0.717, 1.165) is 0 Å². The molecule has 0 unspecified atom stereocenters.